The van der Waals surface area contributed by atoms with Crippen LogP contribution < -0.4 is 29.8 Å². The van der Waals surface area contributed by atoms with Crippen molar-refractivity contribution in [3.8, 4) is 23.0 Å². The molecule has 13 heteroatoms. The average Bonchev–Trinajstić information content (AvgIpc) is 3.53. The van der Waals surface area contributed by atoms with Gasteiger partial charge in [0.15, 0.2) is 23.1 Å². The fourth-order valence-electron chi connectivity index (χ4n) is 5.58. The summed E-state index contributed by atoms with van der Waals surface area (Å²) in [6, 6.07) is 27.2. The first-order valence-electron chi connectivity index (χ1n) is 15.6. The second-order valence-electron chi connectivity index (χ2n) is 11.0. The van der Waals surface area contributed by atoms with Crippen molar-refractivity contribution in [2.75, 3.05) is 34.5 Å². The van der Waals surface area contributed by atoms with E-state index >= 15 is 0 Å². The van der Waals surface area contributed by atoms with Gasteiger partial charge in [0.1, 0.15) is 5.75 Å². The Morgan fingerprint density at radius 2 is 1.67 bits per heavy atom. The van der Waals surface area contributed by atoms with Crippen LogP contribution in [0.4, 0.5) is 5.69 Å². The minimum absolute atomic E-state index is 0.0356. The number of carbonyl (C=O) groups excluding carboxylic acids is 1. The average molecular weight is 667 g/mol. The Balaban J connectivity index is 1.53. The molecule has 0 aromatic heterocycles. The third kappa shape index (κ3) is 7.87. The first kappa shape index (κ1) is 34.6. The number of rotatable bonds is 16. The summed E-state index contributed by atoms with van der Waals surface area (Å²) >= 11 is 0. The Hall–Kier alpha value is -5.75. The zero-order chi connectivity index (χ0) is 34.6. The molecule has 0 radical (unpaired) electrons. The molecule has 3 N–H and O–H groups in total. The van der Waals surface area contributed by atoms with E-state index in [1.165, 1.54) is 21.3 Å². The predicted molar refractivity (Wildman–Crippen MR) is 183 cm³/mol. The third-order valence-electron chi connectivity index (χ3n) is 7.96. The summed E-state index contributed by atoms with van der Waals surface area (Å²) in [6.45, 7) is 0.618. The summed E-state index contributed by atoms with van der Waals surface area (Å²) in [7, 11) is 4.60. The number of aliphatic hydroxyl groups is 1. The number of hydrogen-bond acceptors (Lipinski definition) is 10. The molecule has 1 amide bonds. The predicted octanol–water partition coefficient (Wildman–Crippen LogP) is 5.74. The van der Waals surface area contributed by atoms with Crippen LogP contribution in [-0.2, 0) is 22.5 Å². The highest BCUT2D eigenvalue weighted by Gasteiger charge is 2.53. The van der Waals surface area contributed by atoms with Crippen molar-refractivity contribution in [1.29, 1.82) is 0 Å². The Labute approximate surface area is 284 Å². The summed E-state index contributed by atoms with van der Waals surface area (Å²) in [6.07, 6.45) is -0.296. The summed E-state index contributed by atoms with van der Waals surface area (Å²) < 4.78 is 28.7. The van der Waals surface area contributed by atoms with Crippen molar-refractivity contribution in [2.45, 2.75) is 31.0 Å². The molecule has 0 saturated carbocycles. The van der Waals surface area contributed by atoms with Gasteiger partial charge in [0.2, 0.25) is 11.6 Å². The molecule has 1 aliphatic rings. The van der Waals surface area contributed by atoms with Crippen LogP contribution in [0.3, 0.4) is 0 Å². The molecule has 0 saturated heterocycles. The van der Waals surface area contributed by atoms with Crippen molar-refractivity contribution in [2.24, 2.45) is 10.1 Å². The number of ether oxygens (including phenoxy) is 5. The molecule has 254 valence electrons. The number of aliphatic hydroxyl groups excluding tert-OH is 1. The van der Waals surface area contributed by atoms with Gasteiger partial charge in [0.25, 0.3) is 5.91 Å². The van der Waals surface area contributed by atoms with Crippen LogP contribution in [0.1, 0.15) is 34.8 Å². The molecule has 0 bridgehead atoms. The molecule has 5 rings (SSSR count). The van der Waals surface area contributed by atoms with Crippen molar-refractivity contribution >= 4 is 17.5 Å². The Morgan fingerprint density at radius 3 is 2.33 bits per heavy atom. The van der Waals surface area contributed by atoms with Crippen LogP contribution >= 0.6 is 0 Å². The molecule has 1 heterocycles. The van der Waals surface area contributed by atoms with Gasteiger partial charge in [-0.3, -0.25) is 10.2 Å². The maximum atomic E-state index is 14.6. The van der Waals surface area contributed by atoms with Gasteiger partial charge in [0, 0.05) is 42.2 Å². The lowest BCUT2D eigenvalue weighted by atomic mass is 9.81. The number of carbonyl (C=O) groups is 1. The van der Waals surface area contributed by atoms with Gasteiger partial charge in [-0.1, -0.05) is 59.7 Å². The summed E-state index contributed by atoms with van der Waals surface area (Å²) in [4.78, 5) is 22.6. The van der Waals surface area contributed by atoms with Gasteiger partial charge in [-0.05, 0) is 58.6 Å². The summed E-state index contributed by atoms with van der Waals surface area (Å²) in [5.41, 5.74) is 16.8. The molecule has 4 aromatic carbocycles. The van der Waals surface area contributed by atoms with Gasteiger partial charge >= 0.3 is 0 Å². The summed E-state index contributed by atoms with van der Waals surface area (Å²) in [5.74, 6) is 1.82. The van der Waals surface area contributed by atoms with E-state index < -0.39 is 17.6 Å². The maximum Gasteiger partial charge on any atom is 0.266 e. The highest BCUT2D eigenvalue weighted by atomic mass is 16.5. The Morgan fingerprint density at radius 1 is 0.980 bits per heavy atom. The number of nitrogens with zero attached hydrogens (tertiary/aromatic N) is 4. The Bertz CT molecular complexity index is 1790. The van der Waals surface area contributed by atoms with Crippen LogP contribution in [-0.4, -0.2) is 57.0 Å². The van der Waals surface area contributed by atoms with Crippen molar-refractivity contribution in [1.82, 2.24) is 10.9 Å². The number of azide groups is 1. The second-order valence-corrected chi connectivity index (χ2v) is 11.0. The topological polar surface area (TPSA) is 169 Å². The first-order chi connectivity index (χ1) is 24.0. The van der Waals surface area contributed by atoms with Crippen LogP contribution in [0.15, 0.2) is 101 Å². The van der Waals surface area contributed by atoms with E-state index in [-0.39, 0.29) is 25.5 Å². The molecular formula is C36H38N6O7. The van der Waals surface area contributed by atoms with Gasteiger partial charge in [-0.2, -0.15) is 0 Å². The molecule has 0 spiro atoms. The highest BCUT2D eigenvalue weighted by molar-refractivity contribution is 6.01. The number of amides is 1. The fourth-order valence-corrected chi connectivity index (χ4v) is 5.58. The monoisotopic (exact) mass is 666 g/mol. The van der Waals surface area contributed by atoms with E-state index in [1.807, 2.05) is 36.4 Å². The zero-order valence-corrected chi connectivity index (χ0v) is 27.5. The number of benzene rings is 4. The zero-order valence-electron chi connectivity index (χ0n) is 27.5. The largest absolute Gasteiger partial charge is 0.494 e. The van der Waals surface area contributed by atoms with Gasteiger partial charge in [0.05, 0.1) is 27.9 Å². The van der Waals surface area contributed by atoms with Gasteiger partial charge < -0.3 is 28.8 Å². The minimum Gasteiger partial charge on any atom is -0.494 e. The van der Waals surface area contributed by atoms with Crippen molar-refractivity contribution in [3.63, 3.8) is 0 Å². The van der Waals surface area contributed by atoms with E-state index in [0.29, 0.717) is 52.8 Å². The number of hydrogen-bond donors (Lipinski definition) is 3. The minimum atomic E-state index is -1.55. The first-order valence-corrected chi connectivity index (χ1v) is 15.6. The normalized spacial score (nSPS) is 16.5. The van der Waals surface area contributed by atoms with Crippen LogP contribution in [0.2, 0.25) is 0 Å². The second kappa shape index (κ2) is 16.4. The van der Waals surface area contributed by atoms with Crippen LogP contribution in [0, 0.1) is 0 Å². The number of nitrogens with one attached hydrogen (secondary N) is 2. The van der Waals surface area contributed by atoms with Crippen molar-refractivity contribution < 1.29 is 33.6 Å². The van der Waals surface area contributed by atoms with E-state index in [2.05, 4.69) is 20.9 Å². The molecule has 49 heavy (non-hydrogen) atoms. The Kier molecular flexibility index (Phi) is 11.6. The molecule has 4 aromatic rings. The van der Waals surface area contributed by atoms with Crippen molar-refractivity contribution in [3.05, 3.63) is 124 Å². The van der Waals surface area contributed by atoms with Gasteiger partial charge in [-0.25, -0.2) is 10.4 Å². The van der Waals surface area contributed by atoms with E-state index in [9.17, 15) is 10.3 Å². The lowest BCUT2D eigenvalue weighted by molar-refractivity contribution is -0.130. The smallest absolute Gasteiger partial charge is 0.266 e. The molecule has 13 nitrogen and oxygen atoms in total. The number of hydrazine groups is 1. The molecule has 2 atom stereocenters. The number of methoxy groups -OCH3 is 3. The lowest BCUT2D eigenvalue weighted by Crippen LogP contribution is -2.53. The molecule has 1 aliphatic heterocycles. The molecule has 0 unspecified atom stereocenters. The molecule has 0 aliphatic carbocycles. The standard InChI is InChI=1S/C36H38N6O7/c1-45-30-20-24(21-31(46-2)32(30)47-3)23-38-41-35(44)36(22-27-12-7-8-13-29(27)40-42-37)33(25-10-5-4-6-11-25)49-34(39-36)26-14-16-28(17-15-26)48-19-9-18-43/h4-8,10-17,20-21,33,38,43H,9,18-19,22-23H2,1-3H3,(H,41,44)/t33-,36-/m0/s1. The number of aliphatic imine (C=N–C) groups is 1. The highest BCUT2D eigenvalue weighted by Crippen LogP contribution is 2.44. The third-order valence-corrected chi connectivity index (χ3v) is 7.96. The SMILES string of the molecule is COc1cc(CNNC(=O)[C@@]2(Cc3ccccc3N=[N+]=[N-])N=C(c3ccc(OCCCO)cc3)O[C@H]2c2ccccc2)cc(OC)c1OC. The lowest BCUT2D eigenvalue weighted by Gasteiger charge is -2.31. The van der Waals surface area contributed by atoms with Crippen LogP contribution in [0.25, 0.3) is 10.4 Å². The van der Waals surface area contributed by atoms with E-state index in [0.717, 1.165) is 11.1 Å². The quantitative estimate of drug-likeness (QED) is 0.0447. The summed E-state index contributed by atoms with van der Waals surface area (Å²) in [5, 5.41) is 13.0. The van der Waals surface area contributed by atoms with Crippen LogP contribution in [0.5, 0.6) is 23.0 Å². The van der Waals surface area contributed by atoms with E-state index in [4.69, 9.17) is 33.8 Å². The molecular weight excluding hydrogens is 628 g/mol. The maximum absolute atomic E-state index is 14.6. The molecule has 0 fully saturated rings. The van der Waals surface area contributed by atoms with E-state index in [1.54, 1.807) is 54.6 Å². The van der Waals surface area contributed by atoms with Gasteiger partial charge in [-0.15, -0.1) is 0 Å². The fraction of sp³-hybridized carbons (Fsp3) is 0.278.